The number of nitrogens with one attached hydrogen (secondary N) is 2. The molecular formula is C22H26F3N5O. The largest absolute Gasteiger partial charge is 0.421 e. The van der Waals surface area contributed by atoms with Crippen LogP contribution in [0.1, 0.15) is 68.8 Å². The molecule has 2 aliphatic heterocycles. The lowest BCUT2D eigenvalue weighted by molar-refractivity contribution is -0.138. The van der Waals surface area contributed by atoms with E-state index >= 15 is 0 Å². The van der Waals surface area contributed by atoms with E-state index < -0.39 is 11.7 Å². The predicted octanol–water partition coefficient (Wildman–Crippen LogP) is 5.44. The van der Waals surface area contributed by atoms with Gasteiger partial charge < -0.3 is 15.5 Å². The second kappa shape index (κ2) is 8.01. The maximum atomic E-state index is 13.3. The summed E-state index contributed by atoms with van der Waals surface area (Å²) in [6.45, 7) is 6.06. The number of nitrogens with zero attached hydrogens (tertiary/aromatic N) is 3. The van der Waals surface area contributed by atoms with Gasteiger partial charge in [-0.2, -0.15) is 18.2 Å². The van der Waals surface area contributed by atoms with Crippen LogP contribution in [0.15, 0.2) is 24.4 Å². The van der Waals surface area contributed by atoms with Gasteiger partial charge in [-0.3, -0.25) is 4.79 Å². The molecule has 9 heteroatoms. The SMILES string of the molecule is CCCNc1nc(Nc2ccc3c(c2)[C@H]2CC[C@@H]3N2C(=O)C(C)C)ncc1C(F)(F)F. The summed E-state index contributed by atoms with van der Waals surface area (Å²) < 4.78 is 39.8. The van der Waals surface area contributed by atoms with Crippen molar-refractivity contribution in [2.45, 2.75) is 58.3 Å². The molecule has 3 heterocycles. The van der Waals surface area contributed by atoms with Crippen LogP contribution in [0.3, 0.4) is 0 Å². The molecule has 1 saturated heterocycles. The first-order valence-corrected chi connectivity index (χ1v) is 10.6. The number of anilines is 3. The maximum absolute atomic E-state index is 13.3. The average molecular weight is 433 g/mol. The zero-order valence-corrected chi connectivity index (χ0v) is 17.8. The minimum atomic E-state index is -4.53. The first kappa shape index (κ1) is 21.4. The normalized spacial score (nSPS) is 19.6. The number of alkyl halides is 3. The van der Waals surface area contributed by atoms with Crippen molar-refractivity contribution >= 4 is 23.4 Å². The van der Waals surface area contributed by atoms with E-state index in [1.54, 1.807) is 0 Å². The first-order chi connectivity index (χ1) is 14.7. The van der Waals surface area contributed by atoms with Gasteiger partial charge in [0.1, 0.15) is 11.4 Å². The van der Waals surface area contributed by atoms with Crippen LogP contribution in [0, 0.1) is 5.92 Å². The van der Waals surface area contributed by atoms with E-state index in [1.807, 2.05) is 43.9 Å². The number of carbonyl (C=O) groups excluding carboxylic acids is 1. The molecule has 0 saturated carbocycles. The Bertz CT molecular complexity index is 992. The molecule has 6 nitrogen and oxygen atoms in total. The Kier molecular flexibility index (Phi) is 5.53. The topological polar surface area (TPSA) is 70.2 Å². The van der Waals surface area contributed by atoms with Crippen LogP contribution in [0.25, 0.3) is 0 Å². The zero-order chi connectivity index (χ0) is 22.3. The van der Waals surface area contributed by atoms with Gasteiger partial charge in [-0.15, -0.1) is 0 Å². The van der Waals surface area contributed by atoms with E-state index in [0.29, 0.717) is 18.7 Å². The van der Waals surface area contributed by atoms with Crippen molar-refractivity contribution in [1.82, 2.24) is 14.9 Å². The first-order valence-electron chi connectivity index (χ1n) is 10.6. The van der Waals surface area contributed by atoms with Crippen molar-refractivity contribution < 1.29 is 18.0 Å². The van der Waals surface area contributed by atoms with Gasteiger partial charge in [0.25, 0.3) is 0 Å². The van der Waals surface area contributed by atoms with E-state index in [1.165, 1.54) is 0 Å². The number of benzene rings is 1. The molecule has 1 aromatic heterocycles. The summed E-state index contributed by atoms with van der Waals surface area (Å²) >= 11 is 0. The van der Waals surface area contributed by atoms with Crippen molar-refractivity contribution in [2.75, 3.05) is 17.2 Å². The van der Waals surface area contributed by atoms with E-state index in [0.717, 1.165) is 30.2 Å². The van der Waals surface area contributed by atoms with Crippen molar-refractivity contribution in [2.24, 2.45) is 5.92 Å². The highest BCUT2D eigenvalue weighted by Crippen LogP contribution is 2.54. The molecule has 2 aromatic rings. The minimum Gasteiger partial charge on any atom is -0.369 e. The molecule has 2 bridgehead atoms. The predicted molar refractivity (Wildman–Crippen MR) is 112 cm³/mol. The van der Waals surface area contributed by atoms with E-state index in [4.69, 9.17) is 0 Å². The molecule has 0 aliphatic carbocycles. The number of hydrogen-bond donors (Lipinski definition) is 2. The van der Waals surface area contributed by atoms with Gasteiger partial charge in [0.05, 0.1) is 12.1 Å². The van der Waals surface area contributed by atoms with Gasteiger partial charge in [0.15, 0.2) is 0 Å². The average Bonchev–Trinajstić information content (AvgIpc) is 3.27. The lowest BCUT2D eigenvalue weighted by Gasteiger charge is -2.24. The summed E-state index contributed by atoms with van der Waals surface area (Å²) in [5.74, 6) is -0.0638. The second-order valence-corrected chi connectivity index (χ2v) is 8.36. The van der Waals surface area contributed by atoms with Crippen LogP contribution in [-0.2, 0) is 11.0 Å². The van der Waals surface area contributed by atoms with Crippen molar-refractivity contribution in [3.05, 3.63) is 41.1 Å². The Morgan fingerprint density at radius 2 is 1.94 bits per heavy atom. The lowest BCUT2D eigenvalue weighted by Crippen LogP contribution is -2.31. The van der Waals surface area contributed by atoms with Crippen LogP contribution >= 0.6 is 0 Å². The third-order valence-corrected chi connectivity index (χ3v) is 5.83. The summed E-state index contributed by atoms with van der Waals surface area (Å²) in [6, 6.07) is 5.96. The van der Waals surface area contributed by atoms with Gasteiger partial charge >= 0.3 is 6.18 Å². The fourth-order valence-electron chi connectivity index (χ4n) is 4.43. The minimum absolute atomic E-state index is 0.0481. The summed E-state index contributed by atoms with van der Waals surface area (Å²) in [7, 11) is 0. The molecule has 0 radical (unpaired) electrons. The fourth-order valence-corrected chi connectivity index (χ4v) is 4.43. The van der Waals surface area contributed by atoms with Crippen molar-refractivity contribution in [3.63, 3.8) is 0 Å². The van der Waals surface area contributed by atoms with Crippen molar-refractivity contribution in [1.29, 1.82) is 0 Å². The Hall–Kier alpha value is -2.84. The Morgan fingerprint density at radius 3 is 2.58 bits per heavy atom. The molecule has 1 fully saturated rings. The van der Waals surface area contributed by atoms with Gasteiger partial charge in [-0.05, 0) is 42.5 Å². The highest BCUT2D eigenvalue weighted by atomic mass is 19.4. The summed E-state index contributed by atoms with van der Waals surface area (Å²) in [6.07, 6.45) is -1.19. The summed E-state index contributed by atoms with van der Waals surface area (Å²) in [5, 5.41) is 5.76. The summed E-state index contributed by atoms with van der Waals surface area (Å²) in [4.78, 5) is 22.6. The molecule has 31 heavy (non-hydrogen) atoms. The number of amides is 1. The third-order valence-electron chi connectivity index (χ3n) is 5.83. The fraction of sp³-hybridized carbons (Fsp3) is 0.500. The van der Waals surface area contributed by atoms with Gasteiger partial charge in [0.2, 0.25) is 11.9 Å². The van der Waals surface area contributed by atoms with Crippen LogP contribution in [0.4, 0.5) is 30.6 Å². The lowest BCUT2D eigenvalue weighted by atomic mass is 9.91. The number of carbonyl (C=O) groups is 1. The van der Waals surface area contributed by atoms with E-state index in [9.17, 15) is 18.0 Å². The van der Waals surface area contributed by atoms with E-state index in [-0.39, 0.29) is 35.7 Å². The molecule has 1 aromatic carbocycles. The van der Waals surface area contributed by atoms with Gasteiger partial charge in [0, 0.05) is 24.3 Å². The highest BCUT2D eigenvalue weighted by molar-refractivity contribution is 5.81. The standard InChI is InChI=1S/C22H26F3N5O/c1-4-9-26-19-16(22(23,24)25)11-27-21(29-19)28-13-5-6-14-15(10-13)18-8-7-17(14)30(18)20(31)12(2)3/h5-6,10-12,17-18H,4,7-9H2,1-3H3,(H2,26,27,28,29)/t17-,18+/m0/s1. The molecule has 2 aliphatic rings. The number of fused-ring (bicyclic) bond motifs is 5. The number of rotatable bonds is 6. The monoisotopic (exact) mass is 433 g/mol. The Morgan fingerprint density at radius 1 is 1.23 bits per heavy atom. The molecule has 2 atom stereocenters. The zero-order valence-electron chi connectivity index (χ0n) is 17.8. The molecule has 0 spiro atoms. The van der Waals surface area contributed by atoms with Crippen LogP contribution in [-0.4, -0.2) is 27.3 Å². The molecule has 2 N–H and O–H groups in total. The third kappa shape index (κ3) is 3.93. The number of aromatic nitrogens is 2. The Balaban J connectivity index is 1.59. The molecule has 166 valence electrons. The van der Waals surface area contributed by atoms with Crippen LogP contribution < -0.4 is 10.6 Å². The molecule has 0 unspecified atom stereocenters. The molecule has 4 rings (SSSR count). The van der Waals surface area contributed by atoms with E-state index in [2.05, 4.69) is 20.6 Å². The summed E-state index contributed by atoms with van der Waals surface area (Å²) in [5.41, 5.74) is 2.03. The molecular weight excluding hydrogens is 407 g/mol. The number of halogens is 3. The number of hydrogen-bond acceptors (Lipinski definition) is 5. The molecule has 1 amide bonds. The van der Waals surface area contributed by atoms with Crippen LogP contribution in [0.2, 0.25) is 0 Å². The van der Waals surface area contributed by atoms with Gasteiger partial charge in [-0.1, -0.05) is 26.8 Å². The van der Waals surface area contributed by atoms with Crippen LogP contribution in [0.5, 0.6) is 0 Å². The highest BCUT2D eigenvalue weighted by Gasteiger charge is 2.46. The maximum Gasteiger partial charge on any atom is 0.421 e. The van der Waals surface area contributed by atoms with Gasteiger partial charge in [-0.25, -0.2) is 4.98 Å². The quantitative estimate of drug-likeness (QED) is 0.635. The smallest absolute Gasteiger partial charge is 0.369 e. The van der Waals surface area contributed by atoms with Crippen molar-refractivity contribution in [3.8, 4) is 0 Å². The second-order valence-electron chi connectivity index (χ2n) is 8.36. The Labute approximate surface area is 179 Å².